The Hall–Kier alpha value is -3.74. The van der Waals surface area contributed by atoms with Crippen molar-refractivity contribution < 1.29 is 13.7 Å². The van der Waals surface area contributed by atoms with Gasteiger partial charge in [0.25, 0.3) is 0 Å². The molecule has 0 saturated heterocycles. The molecule has 4 rings (SSSR count). The molecular weight excluding hydrogens is 359 g/mol. The van der Waals surface area contributed by atoms with E-state index in [4.69, 9.17) is 15.0 Å². The van der Waals surface area contributed by atoms with Crippen molar-refractivity contribution >= 4 is 5.82 Å². The van der Waals surface area contributed by atoms with E-state index in [2.05, 4.69) is 15.1 Å². The number of nitrogen functional groups attached to an aromatic ring is 1. The van der Waals surface area contributed by atoms with E-state index in [-0.39, 0.29) is 12.4 Å². The average molecular weight is 376 g/mol. The standard InChI is InChI=1S/C21H17FN4O2/c22-15-5-1-4-14(10-15)13-27-20-8-2-6-16(25-20)11-17-12-19(28-26-17)18-7-3-9-24-21(18)23/h1-10,12H,11,13H2,(H2,23,24). The van der Waals surface area contributed by atoms with Crippen molar-refractivity contribution in [1.82, 2.24) is 15.1 Å². The van der Waals surface area contributed by atoms with Crippen LogP contribution in [0.3, 0.4) is 0 Å². The first-order valence-electron chi connectivity index (χ1n) is 8.67. The topological polar surface area (TPSA) is 87.1 Å². The molecule has 3 heterocycles. The first-order valence-corrected chi connectivity index (χ1v) is 8.67. The van der Waals surface area contributed by atoms with Gasteiger partial charge >= 0.3 is 0 Å². The van der Waals surface area contributed by atoms with Gasteiger partial charge in [-0.1, -0.05) is 23.4 Å². The number of ether oxygens (including phenoxy) is 1. The maximum atomic E-state index is 13.3. The summed E-state index contributed by atoms with van der Waals surface area (Å²) in [6, 6.07) is 17.2. The van der Waals surface area contributed by atoms with E-state index in [0.717, 1.165) is 11.3 Å². The van der Waals surface area contributed by atoms with Crippen LogP contribution in [-0.2, 0) is 13.0 Å². The number of aromatic nitrogens is 3. The van der Waals surface area contributed by atoms with Gasteiger partial charge in [0.1, 0.15) is 18.2 Å². The summed E-state index contributed by atoms with van der Waals surface area (Å²) in [6.45, 7) is 0.239. The van der Waals surface area contributed by atoms with E-state index in [0.29, 0.717) is 35.1 Å². The van der Waals surface area contributed by atoms with Gasteiger partial charge in [0.2, 0.25) is 5.88 Å². The third-order valence-corrected chi connectivity index (χ3v) is 4.08. The highest BCUT2D eigenvalue weighted by Crippen LogP contribution is 2.25. The number of hydrogen-bond donors (Lipinski definition) is 1. The van der Waals surface area contributed by atoms with E-state index in [1.54, 1.807) is 30.5 Å². The monoisotopic (exact) mass is 376 g/mol. The zero-order valence-electron chi connectivity index (χ0n) is 14.9. The van der Waals surface area contributed by atoms with Crippen molar-refractivity contribution in [2.75, 3.05) is 5.73 Å². The quantitative estimate of drug-likeness (QED) is 0.547. The van der Waals surface area contributed by atoms with E-state index in [1.165, 1.54) is 12.1 Å². The largest absolute Gasteiger partial charge is 0.473 e. The summed E-state index contributed by atoms with van der Waals surface area (Å²) in [5.74, 6) is 1.11. The molecule has 7 heteroatoms. The van der Waals surface area contributed by atoms with Gasteiger partial charge in [0.15, 0.2) is 5.76 Å². The van der Waals surface area contributed by atoms with Gasteiger partial charge in [-0.25, -0.2) is 14.4 Å². The number of anilines is 1. The minimum Gasteiger partial charge on any atom is -0.473 e. The molecule has 0 aliphatic carbocycles. The van der Waals surface area contributed by atoms with Crippen LogP contribution in [0.1, 0.15) is 17.0 Å². The summed E-state index contributed by atoms with van der Waals surface area (Å²) >= 11 is 0. The van der Waals surface area contributed by atoms with E-state index >= 15 is 0 Å². The third kappa shape index (κ3) is 4.15. The van der Waals surface area contributed by atoms with Gasteiger partial charge in [-0.05, 0) is 35.9 Å². The van der Waals surface area contributed by atoms with Crippen LogP contribution in [-0.4, -0.2) is 15.1 Å². The van der Waals surface area contributed by atoms with Crippen LogP contribution in [0.2, 0.25) is 0 Å². The molecule has 0 saturated carbocycles. The molecule has 0 amide bonds. The van der Waals surface area contributed by atoms with Crippen molar-refractivity contribution in [3.63, 3.8) is 0 Å². The maximum absolute atomic E-state index is 13.3. The Balaban J connectivity index is 1.44. The third-order valence-electron chi connectivity index (χ3n) is 4.08. The Bertz CT molecular complexity index is 1100. The first kappa shape index (κ1) is 17.7. The molecule has 4 aromatic rings. The Kier molecular flexibility index (Phi) is 4.97. The summed E-state index contributed by atoms with van der Waals surface area (Å²) in [7, 11) is 0. The Labute approximate surface area is 160 Å². The second kappa shape index (κ2) is 7.87. The van der Waals surface area contributed by atoms with E-state index in [1.807, 2.05) is 24.3 Å². The highest BCUT2D eigenvalue weighted by Gasteiger charge is 2.11. The van der Waals surface area contributed by atoms with Crippen LogP contribution in [0.5, 0.6) is 5.88 Å². The predicted octanol–water partition coefficient (Wildman–Crippen LogP) is 4.02. The molecule has 140 valence electrons. The fourth-order valence-electron chi connectivity index (χ4n) is 2.75. The molecule has 0 atom stereocenters. The van der Waals surface area contributed by atoms with Gasteiger partial charge in [0, 0.05) is 24.8 Å². The summed E-state index contributed by atoms with van der Waals surface area (Å²) in [5, 5.41) is 4.08. The molecule has 2 N–H and O–H groups in total. The van der Waals surface area contributed by atoms with Crippen LogP contribution in [0, 0.1) is 5.82 Å². The molecule has 0 radical (unpaired) electrons. The van der Waals surface area contributed by atoms with Gasteiger partial charge < -0.3 is 15.0 Å². The molecule has 6 nitrogen and oxygen atoms in total. The smallest absolute Gasteiger partial charge is 0.213 e. The summed E-state index contributed by atoms with van der Waals surface area (Å²) < 4.78 is 24.3. The Morgan fingerprint density at radius 1 is 1.00 bits per heavy atom. The number of rotatable bonds is 6. The molecule has 0 aliphatic rings. The molecule has 1 aromatic carbocycles. The van der Waals surface area contributed by atoms with Crippen LogP contribution in [0.25, 0.3) is 11.3 Å². The maximum Gasteiger partial charge on any atom is 0.213 e. The number of benzene rings is 1. The minimum absolute atomic E-state index is 0.239. The second-order valence-electron chi connectivity index (χ2n) is 6.18. The van der Waals surface area contributed by atoms with Crippen LogP contribution in [0.4, 0.5) is 10.2 Å². The van der Waals surface area contributed by atoms with Crippen molar-refractivity contribution in [3.8, 4) is 17.2 Å². The van der Waals surface area contributed by atoms with Crippen LogP contribution in [0.15, 0.2) is 71.4 Å². The molecule has 0 spiro atoms. The number of nitrogens with zero attached hydrogens (tertiary/aromatic N) is 3. The van der Waals surface area contributed by atoms with Crippen molar-refractivity contribution in [3.05, 3.63) is 89.6 Å². The first-order chi connectivity index (χ1) is 13.7. The highest BCUT2D eigenvalue weighted by atomic mass is 19.1. The Morgan fingerprint density at radius 3 is 2.75 bits per heavy atom. The van der Waals surface area contributed by atoms with Crippen LogP contribution >= 0.6 is 0 Å². The summed E-state index contributed by atoms with van der Waals surface area (Å²) in [6.07, 6.45) is 2.09. The highest BCUT2D eigenvalue weighted by molar-refractivity contribution is 5.69. The predicted molar refractivity (Wildman–Crippen MR) is 102 cm³/mol. The number of nitrogens with two attached hydrogens (primary N) is 1. The number of hydrogen-bond acceptors (Lipinski definition) is 6. The SMILES string of the molecule is Nc1ncccc1-c1cc(Cc2cccc(OCc3cccc(F)c3)n2)no1. The Morgan fingerprint density at radius 2 is 1.89 bits per heavy atom. The lowest BCUT2D eigenvalue weighted by atomic mass is 10.1. The zero-order chi connectivity index (χ0) is 19.3. The second-order valence-corrected chi connectivity index (χ2v) is 6.18. The van der Waals surface area contributed by atoms with Crippen molar-refractivity contribution in [2.45, 2.75) is 13.0 Å². The molecule has 0 aliphatic heterocycles. The summed E-state index contributed by atoms with van der Waals surface area (Å²) in [4.78, 5) is 8.52. The van der Waals surface area contributed by atoms with Crippen molar-refractivity contribution in [2.24, 2.45) is 0 Å². The van der Waals surface area contributed by atoms with Crippen LogP contribution < -0.4 is 10.5 Å². The van der Waals surface area contributed by atoms with Crippen molar-refractivity contribution in [1.29, 1.82) is 0 Å². The summed E-state index contributed by atoms with van der Waals surface area (Å²) in [5.41, 5.74) is 8.80. The van der Waals surface area contributed by atoms with Gasteiger partial charge in [-0.15, -0.1) is 0 Å². The molecule has 28 heavy (non-hydrogen) atoms. The van der Waals surface area contributed by atoms with Gasteiger partial charge in [-0.2, -0.15) is 0 Å². The average Bonchev–Trinajstić information content (AvgIpc) is 3.15. The molecule has 0 unspecified atom stereocenters. The van der Waals surface area contributed by atoms with E-state index < -0.39 is 0 Å². The lowest BCUT2D eigenvalue weighted by molar-refractivity contribution is 0.292. The number of halogens is 1. The normalized spacial score (nSPS) is 10.8. The lowest BCUT2D eigenvalue weighted by Crippen LogP contribution is -2.00. The molecule has 3 aromatic heterocycles. The van der Waals surface area contributed by atoms with Gasteiger partial charge in [-0.3, -0.25) is 0 Å². The van der Waals surface area contributed by atoms with Gasteiger partial charge in [0.05, 0.1) is 17.0 Å². The lowest BCUT2D eigenvalue weighted by Gasteiger charge is -2.06. The minimum atomic E-state index is -0.293. The fourth-order valence-corrected chi connectivity index (χ4v) is 2.75. The molecule has 0 bridgehead atoms. The number of pyridine rings is 2. The fraction of sp³-hybridized carbons (Fsp3) is 0.0952. The zero-order valence-corrected chi connectivity index (χ0v) is 14.9. The molecule has 0 fully saturated rings. The van der Waals surface area contributed by atoms with E-state index in [9.17, 15) is 4.39 Å². The molecular formula is C21H17FN4O2.